The standard InChI is InChI=1S/C6H13NO2.C5H10O.C4H8O.2C3H8.C2H7N.7C2H6.3CH4/c1-2-3-4-5(7)6(8)9;1-3-4-5(2)6;1-3-4(2)5;3*1-3-2;7*1-2;;;/h5H,2-4,7H2,1H3,(H,8,9);3-4H2,1-2H3;3H2,1-2H3;2*3H2,1-2H3;3H,1-2H3;7*1-2H3;3*1H4. The van der Waals surface area contributed by atoms with Crippen molar-refractivity contribution in [1.82, 2.24) is 5.32 Å². The minimum Gasteiger partial charge on any atom is -0.480 e. The number of carboxylic acid groups (broad SMARTS) is 1. The fraction of sp³-hybridized carbons (Fsp3) is 0.925. The molecule has 0 heterocycles. The smallest absolute Gasteiger partial charge is 0.320 e. The van der Waals surface area contributed by atoms with E-state index < -0.39 is 12.0 Å². The monoisotopic (exact) mass is 681 g/mol. The van der Waals surface area contributed by atoms with Crippen molar-refractivity contribution in [2.24, 2.45) is 5.73 Å². The number of Topliss-reactive ketones (excluding diaryl/α,β-unsaturated/α-hetero) is 2. The second-order valence-corrected chi connectivity index (χ2v) is 6.51. The fourth-order valence-corrected chi connectivity index (χ4v) is 0.900. The zero-order valence-electron chi connectivity index (χ0n) is 35.5. The van der Waals surface area contributed by atoms with E-state index in [2.05, 4.69) is 33.0 Å². The van der Waals surface area contributed by atoms with Crippen LogP contribution >= 0.6 is 0 Å². The first kappa shape index (κ1) is 104. The second kappa shape index (κ2) is 205. The van der Waals surface area contributed by atoms with Crippen LogP contribution in [-0.4, -0.2) is 42.8 Å². The highest BCUT2D eigenvalue weighted by Gasteiger charge is 2.08. The van der Waals surface area contributed by atoms with Crippen molar-refractivity contribution >= 4 is 17.5 Å². The maximum absolute atomic E-state index is 10.1. The van der Waals surface area contributed by atoms with Crippen LogP contribution in [0.15, 0.2) is 0 Å². The largest absolute Gasteiger partial charge is 0.480 e. The van der Waals surface area contributed by atoms with E-state index in [1.165, 1.54) is 12.8 Å². The summed E-state index contributed by atoms with van der Waals surface area (Å²) in [4.78, 5) is 29.9. The van der Waals surface area contributed by atoms with Crippen LogP contribution in [0.1, 0.15) is 233 Å². The molecule has 0 aliphatic carbocycles. The topological polar surface area (TPSA) is 109 Å². The van der Waals surface area contributed by atoms with Crippen LogP contribution in [0, 0.1) is 0 Å². The third-order valence-corrected chi connectivity index (χ3v) is 2.29. The predicted octanol–water partition coefficient (Wildman–Crippen LogP) is 14.7. The molecule has 6 nitrogen and oxygen atoms in total. The molecule has 0 saturated heterocycles. The van der Waals surface area contributed by atoms with Crippen LogP contribution in [-0.2, 0) is 14.4 Å². The van der Waals surface area contributed by atoms with Crippen LogP contribution in [0.4, 0.5) is 0 Å². The Morgan fingerprint density at radius 3 is 0.826 bits per heavy atom. The minimum atomic E-state index is -0.900. The molecule has 0 amide bonds. The summed E-state index contributed by atoms with van der Waals surface area (Å²) >= 11 is 0. The number of hydrogen-bond acceptors (Lipinski definition) is 5. The van der Waals surface area contributed by atoms with E-state index in [4.69, 9.17) is 10.8 Å². The zero-order chi connectivity index (χ0) is 38.7. The van der Waals surface area contributed by atoms with E-state index in [0.29, 0.717) is 12.8 Å². The van der Waals surface area contributed by atoms with Gasteiger partial charge in [0.2, 0.25) is 0 Å². The van der Waals surface area contributed by atoms with Crippen molar-refractivity contribution in [2.45, 2.75) is 239 Å². The summed E-state index contributed by atoms with van der Waals surface area (Å²) in [6, 6.07) is -0.662. The fourth-order valence-electron chi connectivity index (χ4n) is 0.900. The molecule has 0 aromatic carbocycles. The number of carbonyl (C=O) groups excluding carboxylic acids is 2. The van der Waals surface area contributed by atoms with Crippen LogP contribution in [0.2, 0.25) is 0 Å². The molecule has 4 N–H and O–H groups in total. The number of carbonyl (C=O) groups is 3. The van der Waals surface area contributed by atoms with Gasteiger partial charge in [-0.1, -0.05) is 193 Å². The van der Waals surface area contributed by atoms with Crippen LogP contribution in [0.25, 0.3) is 0 Å². The normalized spacial score (nSPS) is 6.57. The Bertz CT molecular complexity index is 309. The lowest BCUT2D eigenvalue weighted by atomic mass is 10.1. The SMILES string of the molecule is C.C.C.CC.CC.CC.CC.CC.CC.CC.CCC.CCC.CCC(C)=O.CCCC(C)=O.CCCCC(N)C(=O)O.CNC. The Kier molecular flexibility index (Phi) is 462. The van der Waals surface area contributed by atoms with Gasteiger partial charge < -0.3 is 25.7 Å². The molecule has 0 spiro atoms. The summed E-state index contributed by atoms with van der Waals surface area (Å²) in [5.74, 6) is -0.356. The third kappa shape index (κ3) is 541. The first-order chi connectivity index (χ1) is 20.5. The Hall–Kier alpha value is -1.27. The van der Waals surface area contributed by atoms with Crippen LogP contribution in [0.3, 0.4) is 0 Å². The molecule has 302 valence electrons. The van der Waals surface area contributed by atoms with Gasteiger partial charge in [-0.05, 0) is 40.8 Å². The number of hydrogen-bond donors (Lipinski definition) is 3. The van der Waals surface area contributed by atoms with Crippen LogP contribution < -0.4 is 11.1 Å². The molecule has 0 aliphatic rings. The Balaban J connectivity index is -0.0000000158. The number of unbranched alkanes of at least 4 members (excludes halogenated alkanes) is 1. The number of nitrogens with two attached hydrogens (primary N) is 1. The van der Waals surface area contributed by atoms with E-state index in [1.807, 2.05) is 132 Å². The van der Waals surface area contributed by atoms with Gasteiger partial charge >= 0.3 is 5.97 Å². The van der Waals surface area contributed by atoms with Crippen molar-refractivity contribution < 1.29 is 19.5 Å². The predicted molar refractivity (Wildman–Crippen MR) is 228 cm³/mol. The molecule has 0 aromatic heterocycles. The molecule has 6 heteroatoms. The average molecular weight is 681 g/mol. The van der Waals surface area contributed by atoms with Gasteiger partial charge in [-0.3, -0.25) is 4.79 Å². The molecular formula is C40H108N2O4. The molecule has 1 unspecified atom stereocenters. The maximum Gasteiger partial charge on any atom is 0.320 e. The quantitative estimate of drug-likeness (QED) is 0.247. The summed E-state index contributed by atoms with van der Waals surface area (Å²) < 4.78 is 0. The van der Waals surface area contributed by atoms with E-state index in [0.717, 1.165) is 25.7 Å². The van der Waals surface area contributed by atoms with E-state index in [-0.39, 0.29) is 33.8 Å². The van der Waals surface area contributed by atoms with Gasteiger partial charge in [-0.25, -0.2) is 0 Å². The van der Waals surface area contributed by atoms with Crippen molar-refractivity contribution in [3.05, 3.63) is 0 Å². The van der Waals surface area contributed by atoms with Gasteiger partial charge in [0.05, 0.1) is 0 Å². The maximum atomic E-state index is 10.1. The van der Waals surface area contributed by atoms with Gasteiger partial charge in [0.1, 0.15) is 17.6 Å². The number of aliphatic carboxylic acids is 1. The highest BCUT2D eigenvalue weighted by Crippen LogP contribution is 1.97. The molecule has 0 aromatic rings. The van der Waals surface area contributed by atoms with E-state index in [9.17, 15) is 14.4 Å². The first-order valence-corrected chi connectivity index (χ1v) is 18.0. The lowest BCUT2D eigenvalue weighted by molar-refractivity contribution is -0.138. The average Bonchev–Trinajstić information content (AvgIpc) is 3.04. The number of nitrogens with one attached hydrogen (secondary N) is 1. The molecule has 0 bridgehead atoms. The summed E-state index contributed by atoms with van der Waals surface area (Å²) in [6.07, 6.45) is 7.37. The summed E-state index contributed by atoms with van der Waals surface area (Å²) in [5.41, 5.74) is 5.20. The van der Waals surface area contributed by atoms with Crippen molar-refractivity contribution in [3.63, 3.8) is 0 Å². The van der Waals surface area contributed by atoms with Gasteiger partial charge in [0.15, 0.2) is 0 Å². The molecule has 46 heavy (non-hydrogen) atoms. The van der Waals surface area contributed by atoms with Crippen LogP contribution in [0.5, 0.6) is 0 Å². The minimum absolute atomic E-state index is 0. The summed E-state index contributed by atoms with van der Waals surface area (Å²) in [5, 5.41) is 11.0. The Labute approximate surface area is 300 Å². The number of rotatable bonds is 7. The Morgan fingerprint density at radius 1 is 0.565 bits per heavy atom. The van der Waals surface area contributed by atoms with E-state index in [1.54, 1.807) is 13.8 Å². The highest BCUT2D eigenvalue weighted by molar-refractivity contribution is 5.75. The molecular weight excluding hydrogens is 572 g/mol. The Morgan fingerprint density at radius 2 is 0.761 bits per heavy atom. The molecule has 0 fully saturated rings. The van der Waals surface area contributed by atoms with Gasteiger partial charge in [0.25, 0.3) is 0 Å². The van der Waals surface area contributed by atoms with E-state index >= 15 is 0 Å². The van der Waals surface area contributed by atoms with Gasteiger partial charge in [-0.15, -0.1) is 0 Å². The van der Waals surface area contributed by atoms with Gasteiger partial charge in [0, 0.05) is 12.8 Å². The van der Waals surface area contributed by atoms with Crippen molar-refractivity contribution in [2.75, 3.05) is 14.1 Å². The molecule has 0 saturated carbocycles. The molecule has 0 rings (SSSR count). The summed E-state index contributed by atoms with van der Waals surface area (Å²) in [7, 11) is 3.75. The third-order valence-electron chi connectivity index (χ3n) is 2.29. The second-order valence-electron chi connectivity index (χ2n) is 6.51. The number of ketones is 2. The molecule has 0 aliphatic heterocycles. The molecule has 0 radical (unpaired) electrons. The summed E-state index contributed by atoms with van der Waals surface area (Å²) in [6.45, 7) is 45.6. The van der Waals surface area contributed by atoms with Gasteiger partial charge in [-0.2, -0.15) is 0 Å². The molecule has 1 atom stereocenters. The van der Waals surface area contributed by atoms with Crippen molar-refractivity contribution in [3.8, 4) is 0 Å². The zero-order valence-corrected chi connectivity index (χ0v) is 35.5. The highest BCUT2D eigenvalue weighted by atomic mass is 16.4. The number of carboxylic acids is 1. The lowest BCUT2D eigenvalue weighted by Crippen LogP contribution is -2.29. The first-order valence-electron chi connectivity index (χ1n) is 18.0. The lowest BCUT2D eigenvalue weighted by Gasteiger charge is -2.02. The van der Waals surface area contributed by atoms with Crippen molar-refractivity contribution in [1.29, 1.82) is 0 Å².